The van der Waals surface area contributed by atoms with Crippen molar-refractivity contribution in [1.29, 1.82) is 0 Å². The Labute approximate surface area is 109 Å². The zero-order valence-corrected chi connectivity index (χ0v) is 11.5. The molecule has 2 heterocycles. The van der Waals surface area contributed by atoms with Crippen LogP contribution in [0.15, 0.2) is 0 Å². The van der Waals surface area contributed by atoms with E-state index in [1.54, 1.807) is 0 Å². The number of hydrogen-bond acceptors (Lipinski definition) is 5. The first-order chi connectivity index (χ1) is 8.60. The smallest absolute Gasteiger partial charge is 0.134 e. The van der Waals surface area contributed by atoms with Gasteiger partial charge in [0.05, 0.1) is 0 Å². The maximum Gasteiger partial charge on any atom is 0.134 e. The molecular formula is C13H23N5. The summed E-state index contributed by atoms with van der Waals surface area (Å²) in [6, 6.07) is 0. The van der Waals surface area contributed by atoms with Crippen LogP contribution in [-0.4, -0.2) is 41.0 Å². The summed E-state index contributed by atoms with van der Waals surface area (Å²) >= 11 is 0. The molecule has 1 aliphatic rings. The SMILES string of the molecule is CCN1CCC(CNc2nc(C)nc(N)c2C)C1. The number of hydrogen-bond donors (Lipinski definition) is 2. The molecule has 100 valence electrons. The molecule has 5 heteroatoms. The molecule has 1 unspecified atom stereocenters. The van der Waals surface area contributed by atoms with Crippen molar-refractivity contribution in [2.24, 2.45) is 5.92 Å². The number of nitrogens with two attached hydrogens (primary N) is 1. The highest BCUT2D eigenvalue weighted by Crippen LogP contribution is 2.20. The van der Waals surface area contributed by atoms with Gasteiger partial charge in [0, 0.05) is 18.7 Å². The van der Waals surface area contributed by atoms with Crippen LogP contribution in [0.25, 0.3) is 0 Å². The van der Waals surface area contributed by atoms with E-state index in [0.717, 1.165) is 30.3 Å². The van der Waals surface area contributed by atoms with Crippen molar-refractivity contribution in [2.75, 3.05) is 37.2 Å². The Morgan fingerprint density at radius 3 is 2.83 bits per heavy atom. The summed E-state index contributed by atoms with van der Waals surface area (Å²) in [6.45, 7) is 10.6. The normalized spacial score (nSPS) is 20.3. The summed E-state index contributed by atoms with van der Waals surface area (Å²) < 4.78 is 0. The minimum Gasteiger partial charge on any atom is -0.383 e. The fourth-order valence-electron chi connectivity index (χ4n) is 2.43. The van der Waals surface area contributed by atoms with Gasteiger partial charge in [-0.25, -0.2) is 9.97 Å². The lowest BCUT2D eigenvalue weighted by Crippen LogP contribution is -2.23. The molecule has 0 radical (unpaired) electrons. The first kappa shape index (κ1) is 13.1. The summed E-state index contributed by atoms with van der Waals surface area (Å²) in [6.07, 6.45) is 1.26. The zero-order chi connectivity index (χ0) is 13.1. The van der Waals surface area contributed by atoms with Gasteiger partial charge in [-0.3, -0.25) is 0 Å². The lowest BCUT2D eigenvalue weighted by Gasteiger charge is -2.15. The predicted molar refractivity (Wildman–Crippen MR) is 74.6 cm³/mol. The Morgan fingerprint density at radius 2 is 2.17 bits per heavy atom. The van der Waals surface area contributed by atoms with Crippen molar-refractivity contribution in [2.45, 2.75) is 27.2 Å². The molecule has 1 atom stereocenters. The summed E-state index contributed by atoms with van der Waals surface area (Å²) in [5, 5.41) is 3.42. The molecule has 1 aliphatic heterocycles. The first-order valence-electron chi connectivity index (χ1n) is 6.67. The monoisotopic (exact) mass is 249 g/mol. The van der Waals surface area contributed by atoms with Crippen LogP contribution in [0.2, 0.25) is 0 Å². The van der Waals surface area contributed by atoms with Gasteiger partial charge in [0.2, 0.25) is 0 Å². The molecule has 3 N–H and O–H groups in total. The van der Waals surface area contributed by atoms with Gasteiger partial charge in [-0.05, 0) is 39.3 Å². The van der Waals surface area contributed by atoms with Gasteiger partial charge in [-0.15, -0.1) is 0 Å². The third kappa shape index (κ3) is 2.90. The van der Waals surface area contributed by atoms with Gasteiger partial charge >= 0.3 is 0 Å². The van der Waals surface area contributed by atoms with Gasteiger partial charge in [-0.2, -0.15) is 0 Å². The third-order valence-electron chi connectivity index (χ3n) is 3.67. The van der Waals surface area contributed by atoms with Crippen LogP contribution in [0.3, 0.4) is 0 Å². The van der Waals surface area contributed by atoms with Gasteiger partial charge in [-0.1, -0.05) is 6.92 Å². The van der Waals surface area contributed by atoms with E-state index in [2.05, 4.69) is 27.1 Å². The Balaban J connectivity index is 1.94. The predicted octanol–water partition coefficient (Wildman–Crippen LogP) is 1.43. The summed E-state index contributed by atoms with van der Waals surface area (Å²) in [5.74, 6) is 2.89. The highest BCUT2D eigenvalue weighted by atomic mass is 15.1. The first-order valence-corrected chi connectivity index (χ1v) is 6.67. The Hall–Kier alpha value is -1.36. The molecule has 1 saturated heterocycles. The quantitative estimate of drug-likeness (QED) is 0.845. The van der Waals surface area contributed by atoms with E-state index < -0.39 is 0 Å². The number of aromatic nitrogens is 2. The van der Waals surface area contributed by atoms with Crippen LogP contribution in [0.5, 0.6) is 0 Å². The second kappa shape index (κ2) is 5.52. The van der Waals surface area contributed by atoms with Gasteiger partial charge in [0.25, 0.3) is 0 Å². The third-order valence-corrected chi connectivity index (χ3v) is 3.67. The summed E-state index contributed by atoms with van der Waals surface area (Å²) in [5.41, 5.74) is 6.80. The molecule has 0 saturated carbocycles. The average molecular weight is 249 g/mol. The highest BCUT2D eigenvalue weighted by Gasteiger charge is 2.21. The molecule has 5 nitrogen and oxygen atoms in total. The van der Waals surface area contributed by atoms with Crippen molar-refractivity contribution in [3.63, 3.8) is 0 Å². The molecule has 0 amide bonds. The van der Waals surface area contributed by atoms with E-state index in [1.807, 2.05) is 13.8 Å². The van der Waals surface area contributed by atoms with E-state index in [-0.39, 0.29) is 0 Å². The molecule has 1 fully saturated rings. The largest absolute Gasteiger partial charge is 0.383 e. The molecule has 0 aliphatic carbocycles. The molecule has 1 aromatic heterocycles. The number of likely N-dealkylation sites (tertiary alicyclic amines) is 1. The fraction of sp³-hybridized carbons (Fsp3) is 0.692. The molecular weight excluding hydrogens is 226 g/mol. The van der Waals surface area contributed by atoms with Crippen molar-refractivity contribution >= 4 is 11.6 Å². The van der Waals surface area contributed by atoms with Crippen molar-refractivity contribution < 1.29 is 0 Å². The van der Waals surface area contributed by atoms with Gasteiger partial charge < -0.3 is 16.0 Å². The van der Waals surface area contributed by atoms with Crippen LogP contribution in [0.1, 0.15) is 24.7 Å². The number of nitrogen functional groups attached to an aromatic ring is 1. The molecule has 18 heavy (non-hydrogen) atoms. The second-order valence-corrected chi connectivity index (χ2v) is 5.06. The number of anilines is 2. The van der Waals surface area contributed by atoms with Crippen molar-refractivity contribution in [3.05, 3.63) is 11.4 Å². The lowest BCUT2D eigenvalue weighted by molar-refractivity contribution is 0.345. The molecule has 1 aromatic rings. The average Bonchev–Trinajstić information content (AvgIpc) is 2.80. The molecule has 0 spiro atoms. The molecule has 2 rings (SSSR count). The Kier molecular flexibility index (Phi) is 4.01. The summed E-state index contributed by atoms with van der Waals surface area (Å²) in [4.78, 5) is 11.1. The van der Waals surface area contributed by atoms with Crippen LogP contribution in [0.4, 0.5) is 11.6 Å². The maximum atomic E-state index is 5.85. The van der Waals surface area contributed by atoms with Crippen molar-refractivity contribution in [1.82, 2.24) is 14.9 Å². The van der Waals surface area contributed by atoms with E-state index in [9.17, 15) is 0 Å². The summed E-state index contributed by atoms with van der Waals surface area (Å²) in [7, 11) is 0. The van der Waals surface area contributed by atoms with E-state index in [4.69, 9.17) is 5.73 Å². The Morgan fingerprint density at radius 1 is 1.39 bits per heavy atom. The fourth-order valence-corrected chi connectivity index (χ4v) is 2.43. The number of nitrogens with zero attached hydrogens (tertiary/aromatic N) is 3. The van der Waals surface area contributed by atoms with Gasteiger partial charge in [0.1, 0.15) is 17.5 Å². The van der Waals surface area contributed by atoms with Crippen LogP contribution >= 0.6 is 0 Å². The van der Waals surface area contributed by atoms with E-state index in [1.165, 1.54) is 19.5 Å². The maximum absolute atomic E-state index is 5.85. The number of nitrogens with one attached hydrogen (secondary N) is 1. The Bertz CT molecular complexity index is 418. The number of aryl methyl sites for hydroxylation is 1. The standard InChI is InChI=1S/C13H23N5/c1-4-18-6-5-11(8-18)7-15-13-9(2)12(14)16-10(3)17-13/h11H,4-8H2,1-3H3,(H3,14,15,16,17). The molecule has 0 bridgehead atoms. The number of rotatable bonds is 4. The van der Waals surface area contributed by atoms with Gasteiger partial charge in [0.15, 0.2) is 0 Å². The second-order valence-electron chi connectivity index (χ2n) is 5.06. The van der Waals surface area contributed by atoms with Crippen LogP contribution in [-0.2, 0) is 0 Å². The van der Waals surface area contributed by atoms with E-state index in [0.29, 0.717) is 11.7 Å². The lowest BCUT2D eigenvalue weighted by atomic mass is 10.1. The van der Waals surface area contributed by atoms with Crippen LogP contribution < -0.4 is 11.1 Å². The van der Waals surface area contributed by atoms with Crippen LogP contribution in [0, 0.1) is 19.8 Å². The van der Waals surface area contributed by atoms with Crippen molar-refractivity contribution in [3.8, 4) is 0 Å². The zero-order valence-electron chi connectivity index (χ0n) is 11.5. The minimum atomic E-state index is 0.576. The highest BCUT2D eigenvalue weighted by molar-refractivity contribution is 5.54. The minimum absolute atomic E-state index is 0.576. The van der Waals surface area contributed by atoms with E-state index >= 15 is 0 Å². The molecule has 0 aromatic carbocycles. The topological polar surface area (TPSA) is 67.1 Å².